The fourth-order valence-electron chi connectivity index (χ4n) is 1.67. The van der Waals surface area contributed by atoms with Crippen molar-refractivity contribution >= 4 is 11.7 Å². The maximum absolute atomic E-state index is 11.3. The standard InChI is InChI=1S/C8H12N2O/c11-8-4-5-9-7-3-1-2-6-10(7)8/h1-6H2. The number of nitrogens with zero attached hydrogens (tertiary/aromatic N) is 2. The van der Waals surface area contributed by atoms with E-state index in [-0.39, 0.29) is 5.91 Å². The summed E-state index contributed by atoms with van der Waals surface area (Å²) in [4.78, 5) is 17.5. The fraction of sp³-hybridized carbons (Fsp3) is 0.750. The van der Waals surface area contributed by atoms with Gasteiger partial charge in [-0.25, -0.2) is 0 Å². The summed E-state index contributed by atoms with van der Waals surface area (Å²) in [6.45, 7) is 1.61. The summed E-state index contributed by atoms with van der Waals surface area (Å²) in [6.07, 6.45) is 3.96. The van der Waals surface area contributed by atoms with Gasteiger partial charge in [0.25, 0.3) is 0 Å². The van der Waals surface area contributed by atoms with Gasteiger partial charge in [0.15, 0.2) is 0 Å². The molecule has 1 saturated heterocycles. The molecule has 0 spiro atoms. The number of amides is 1. The van der Waals surface area contributed by atoms with Gasteiger partial charge in [0.05, 0.1) is 0 Å². The van der Waals surface area contributed by atoms with E-state index in [1.807, 2.05) is 4.90 Å². The van der Waals surface area contributed by atoms with Crippen LogP contribution in [0.2, 0.25) is 0 Å². The Balaban J connectivity index is 2.19. The highest BCUT2D eigenvalue weighted by Gasteiger charge is 2.24. The van der Waals surface area contributed by atoms with E-state index in [0.29, 0.717) is 13.0 Å². The van der Waals surface area contributed by atoms with Gasteiger partial charge in [-0.3, -0.25) is 9.79 Å². The van der Waals surface area contributed by atoms with Crippen LogP contribution in [-0.4, -0.2) is 29.7 Å². The summed E-state index contributed by atoms with van der Waals surface area (Å²) in [5.41, 5.74) is 0. The Morgan fingerprint density at radius 3 is 3.00 bits per heavy atom. The zero-order valence-electron chi connectivity index (χ0n) is 6.55. The molecular weight excluding hydrogens is 140 g/mol. The fourth-order valence-corrected chi connectivity index (χ4v) is 1.67. The highest BCUT2D eigenvalue weighted by Crippen LogP contribution is 2.16. The topological polar surface area (TPSA) is 32.7 Å². The highest BCUT2D eigenvalue weighted by atomic mass is 16.2. The minimum atomic E-state index is 0.273. The predicted molar refractivity (Wildman–Crippen MR) is 42.5 cm³/mol. The third-order valence-corrected chi connectivity index (χ3v) is 2.26. The molecule has 0 aromatic heterocycles. The lowest BCUT2D eigenvalue weighted by Gasteiger charge is -2.31. The van der Waals surface area contributed by atoms with E-state index in [2.05, 4.69) is 4.99 Å². The van der Waals surface area contributed by atoms with Crippen molar-refractivity contribution in [2.75, 3.05) is 13.1 Å². The van der Waals surface area contributed by atoms with Crippen molar-refractivity contribution in [1.82, 2.24) is 4.90 Å². The molecule has 0 atom stereocenters. The normalized spacial score (nSPS) is 24.5. The first-order valence-electron chi connectivity index (χ1n) is 4.21. The molecule has 60 valence electrons. The van der Waals surface area contributed by atoms with Crippen LogP contribution in [0.25, 0.3) is 0 Å². The van der Waals surface area contributed by atoms with Crippen LogP contribution < -0.4 is 0 Å². The summed E-state index contributed by atoms with van der Waals surface area (Å²) in [6, 6.07) is 0. The van der Waals surface area contributed by atoms with Gasteiger partial charge < -0.3 is 4.90 Å². The predicted octanol–water partition coefficient (Wildman–Crippen LogP) is 0.801. The Kier molecular flexibility index (Phi) is 1.64. The van der Waals surface area contributed by atoms with E-state index in [4.69, 9.17) is 0 Å². The largest absolute Gasteiger partial charge is 0.301 e. The SMILES string of the molecule is O=C1CCN=C2CCCCN12. The lowest BCUT2D eigenvalue weighted by Crippen LogP contribution is -2.43. The Labute approximate surface area is 66.1 Å². The number of aliphatic imine (C=N–C) groups is 1. The van der Waals surface area contributed by atoms with E-state index in [1.165, 1.54) is 6.42 Å². The van der Waals surface area contributed by atoms with Crippen LogP contribution in [0.15, 0.2) is 4.99 Å². The number of carbonyl (C=O) groups excluding carboxylic acids is 1. The molecule has 2 aliphatic heterocycles. The van der Waals surface area contributed by atoms with Crippen molar-refractivity contribution in [2.24, 2.45) is 4.99 Å². The molecule has 0 aromatic rings. The van der Waals surface area contributed by atoms with Crippen molar-refractivity contribution in [3.63, 3.8) is 0 Å². The van der Waals surface area contributed by atoms with Gasteiger partial charge in [-0.15, -0.1) is 0 Å². The van der Waals surface area contributed by atoms with Gasteiger partial charge in [0, 0.05) is 25.9 Å². The summed E-state index contributed by atoms with van der Waals surface area (Å²) < 4.78 is 0. The summed E-state index contributed by atoms with van der Waals surface area (Å²) in [5.74, 6) is 1.31. The van der Waals surface area contributed by atoms with Crippen molar-refractivity contribution in [3.05, 3.63) is 0 Å². The Morgan fingerprint density at radius 2 is 2.18 bits per heavy atom. The van der Waals surface area contributed by atoms with E-state index < -0.39 is 0 Å². The smallest absolute Gasteiger partial charge is 0.229 e. The second-order valence-electron chi connectivity index (χ2n) is 3.05. The molecule has 2 rings (SSSR count). The third-order valence-electron chi connectivity index (χ3n) is 2.26. The first-order chi connectivity index (χ1) is 5.38. The Hall–Kier alpha value is -0.860. The molecule has 3 heteroatoms. The van der Waals surface area contributed by atoms with Gasteiger partial charge in [0.1, 0.15) is 5.84 Å². The second-order valence-corrected chi connectivity index (χ2v) is 3.05. The maximum Gasteiger partial charge on any atom is 0.229 e. The minimum absolute atomic E-state index is 0.273. The lowest BCUT2D eigenvalue weighted by molar-refractivity contribution is -0.128. The van der Waals surface area contributed by atoms with Crippen molar-refractivity contribution in [3.8, 4) is 0 Å². The molecule has 0 aromatic carbocycles. The van der Waals surface area contributed by atoms with E-state index in [9.17, 15) is 4.79 Å². The second kappa shape index (κ2) is 2.64. The number of amidine groups is 1. The molecule has 0 bridgehead atoms. The molecule has 0 N–H and O–H groups in total. The van der Waals surface area contributed by atoms with Gasteiger partial charge in [0.2, 0.25) is 5.91 Å². The number of hydrogen-bond acceptors (Lipinski definition) is 2. The first-order valence-corrected chi connectivity index (χ1v) is 4.21. The van der Waals surface area contributed by atoms with Crippen LogP contribution in [0.4, 0.5) is 0 Å². The molecule has 1 fully saturated rings. The molecule has 0 radical (unpaired) electrons. The van der Waals surface area contributed by atoms with E-state index >= 15 is 0 Å². The number of rotatable bonds is 0. The molecule has 2 aliphatic rings. The van der Waals surface area contributed by atoms with Crippen LogP contribution in [-0.2, 0) is 4.79 Å². The minimum Gasteiger partial charge on any atom is -0.301 e. The summed E-state index contributed by atoms with van der Waals surface area (Å²) in [7, 11) is 0. The van der Waals surface area contributed by atoms with E-state index in [1.54, 1.807) is 0 Å². The molecule has 1 amide bonds. The third kappa shape index (κ3) is 1.15. The quantitative estimate of drug-likeness (QED) is 0.505. The van der Waals surface area contributed by atoms with Crippen LogP contribution in [0.5, 0.6) is 0 Å². The maximum atomic E-state index is 11.3. The highest BCUT2D eigenvalue weighted by molar-refractivity contribution is 6.00. The summed E-state index contributed by atoms with van der Waals surface area (Å²) >= 11 is 0. The van der Waals surface area contributed by atoms with Crippen LogP contribution in [0, 0.1) is 0 Å². The average Bonchev–Trinajstić information content (AvgIpc) is 2.06. The van der Waals surface area contributed by atoms with Gasteiger partial charge in [-0.05, 0) is 12.8 Å². The first kappa shape index (κ1) is 6.83. The average molecular weight is 152 g/mol. The molecule has 0 aliphatic carbocycles. The molecule has 11 heavy (non-hydrogen) atoms. The van der Waals surface area contributed by atoms with Crippen molar-refractivity contribution in [1.29, 1.82) is 0 Å². The van der Waals surface area contributed by atoms with Gasteiger partial charge in [-0.1, -0.05) is 0 Å². The van der Waals surface area contributed by atoms with Crippen molar-refractivity contribution < 1.29 is 4.79 Å². The number of fused-ring (bicyclic) bond motifs is 1. The number of piperidine rings is 1. The molecular formula is C8H12N2O. The Bertz CT molecular complexity index is 210. The number of hydrogen-bond donors (Lipinski definition) is 0. The van der Waals surface area contributed by atoms with Gasteiger partial charge in [-0.2, -0.15) is 0 Å². The van der Waals surface area contributed by atoms with Gasteiger partial charge >= 0.3 is 0 Å². The van der Waals surface area contributed by atoms with Crippen LogP contribution in [0.1, 0.15) is 25.7 Å². The zero-order valence-corrected chi connectivity index (χ0v) is 6.55. The van der Waals surface area contributed by atoms with Crippen LogP contribution in [0.3, 0.4) is 0 Å². The molecule has 0 unspecified atom stereocenters. The molecule has 0 saturated carbocycles. The molecule has 2 heterocycles. The lowest BCUT2D eigenvalue weighted by atomic mass is 10.1. The zero-order chi connectivity index (χ0) is 7.68. The number of carbonyl (C=O) groups is 1. The molecule has 3 nitrogen and oxygen atoms in total. The monoisotopic (exact) mass is 152 g/mol. The van der Waals surface area contributed by atoms with Crippen LogP contribution >= 0.6 is 0 Å². The van der Waals surface area contributed by atoms with Crippen molar-refractivity contribution in [2.45, 2.75) is 25.7 Å². The van der Waals surface area contributed by atoms with E-state index in [0.717, 1.165) is 25.2 Å². The Morgan fingerprint density at radius 1 is 1.27 bits per heavy atom. The summed E-state index contributed by atoms with van der Waals surface area (Å²) in [5, 5.41) is 0.